The molecule has 1 aromatic heterocycles. The lowest BCUT2D eigenvalue weighted by Crippen LogP contribution is -1.92. The number of halogens is 2. The van der Waals surface area contributed by atoms with Gasteiger partial charge in [-0.1, -0.05) is 17.8 Å². The van der Waals surface area contributed by atoms with Gasteiger partial charge in [0.05, 0.1) is 6.10 Å². The zero-order chi connectivity index (χ0) is 13.1. The Morgan fingerprint density at radius 2 is 2.00 bits per heavy atom. The minimum atomic E-state index is -0.610. The van der Waals surface area contributed by atoms with E-state index in [1.165, 1.54) is 18.3 Å². The van der Waals surface area contributed by atoms with E-state index in [4.69, 9.17) is 0 Å². The van der Waals surface area contributed by atoms with Crippen LogP contribution in [-0.4, -0.2) is 10.1 Å². The van der Waals surface area contributed by atoms with Crippen molar-refractivity contribution in [1.29, 1.82) is 0 Å². The Bertz CT molecular complexity index is 543. The Balaban J connectivity index is 2.18. The van der Waals surface area contributed by atoms with Crippen molar-refractivity contribution in [2.45, 2.75) is 22.9 Å². The predicted octanol–water partition coefficient (Wildman–Crippen LogP) is 3.56. The Kier molecular flexibility index (Phi) is 3.93. The molecule has 18 heavy (non-hydrogen) atoms. The molecule has 94 valence electrons. The second kappa shape index (κ2) is 5.46. The van der Waals surface area contributed by atoms with E-state index in [0.29, 0.717) is 15.5 Å². The lowest BCUT2D eigenvalue weighted by atomic mass is 10.2. The molecule has 0 saturated heterocycles. The Labute approximate surface area is 108 Å². The maximum absolute atomic E-state index is 13.4. The standard InChI is InChI=1S/C13H11F2NOS/c1-8(17)9-2-5-13(16-7-9)18-12-4-3-10(14)6-11(12)15/h2-8,17H,1H3/t8-/m1/s1. The summed E-state index contributed by atoms with van der Waals surface area (Å²) < 4.78 is 26.2. The monoisotopic (exact) mass is 267 g/mol. The van der Waals surface area contributed by atoms with Gasteiger partial charge in [0.1, 0.15) is 16.7 Å². The van der Waals surface area contributed by atoms with Crippen molar-refractivity contribution in [1.82, 2.24) is 4.98 Å². The third kappa shape index (κ3) is 3.05. The zero-order valence-electron chi connectivity index (χ0n) is 9.60. The first-order chi connectivity index (χ1) is 8.56. The van der Waals surface area contributed by atoms with Gasteiger partial charge in [-0.05, 0) is 30.7 Å². The highest BCUT2D eigenvalue weighted by atomic mass is 32.2. The van der Waals surface area contributed by atoms with E-state index in [1.54, 1.807) is 19.1 Å². The van der Waals surface area contributed by atoms with E-state index >= 15 is 0 Å². The van der Waals surface area contributed by atoms with Crippen molar-refractivity contribution in [3.63, 3.8) is 0 Å². The molecule has 0 aliphatic heterocycles. The van der Waals surface area contributed by atoms with Gasteiger partial charge in [0.25, 0.3) is 0 Å². The fourth-order valence-electron chi connectivity index (χ4n) is 1.37. The quantitative estimate of drug-likeness (QED) is 0.923. The zero-order valence-corrected chi connectivity index (χ0v) is 10.4. The fraction of sp³-hybridized carbons (Fsp3) is 0.154. The first-order valence-electron chi connectivity index (χ1n) is 5.33. The normalized spacial score (nSPS) is 12.4. The van der Waals surface area contributed by atoms with Crippen molar-refractivity contribution in [2.24, 2.45) is 0 Å². The highest BCUT2D eigenvalue weighted by molar-refractivity contribution is 7.99. The molecule has 0 spiro atoms. The molecule has 1 atom stereocenters. The lowest BCUT2D eigenvalue weighted by Gasteiger charge is -2.06. The summed E-state index contributed by atoms with van der Waals surface area (Å²) >= 11 is 1.11. The molecule has 2 aromatic rings. The molecule has 0 amide bonds. The SMILES string of the molecule is C[C@@H](O)c1ccc(Sc2ccc(F)cc2F)nc1. The Hall–Kier alpha value is -1.46. The van der Waals surface area contributed by atoms with Gasteiger partial charge in [0.2, 0.25) is 0 Å². The van der Waals surface area contributed by atoms with E-state index in [2.05, 4.69) is 4.98 Å². The van der Waals surface area contributed by atoms with Crippen LogP contribution in [0.15, 0.2) is 46.5 Å². The first kappa shape index (κ1) is 13.0. The molecule has 0 bridgehead atoms. The van der Waals surface area contributed by atoms with Gasteiger partial charge >= 0.3 is 0 Å². The number of pyridine rings is 1. The molecule has 0 unspecified atom stereocenters. The van der Waals surface area contributed by atoms with Gasteiger partial charge in [0, 0.05) is 17.2 Å². The van der Waals surface area contributed by atoms with E-state index in [-0.39, 0.29) is 0 Å². The molecular weight excluding hydrogens is 256 g/mol. The minimum Gasteiger partial charge on any atom is -0.389 e. The summed E-state index contributed by atoms with van der Waals surface area (Å²) in [6.07, 6.45) is 0.952. The number of aliphatic hydroxyl groups excluding tert-OH is 1. The van der Waals surface area contributed by atoms with Crippen LogP contribution in [0.3, 0.4) is 0 Å². The van der Waals surface area contributed by atoms with Crippen LogP contribution in [0.2, 0.25) is 0 Å². The summed E-state index contributed by atoms with van der Waals surface area (Å²) in [7, 11) is 0. The van der Waals surface area contributed by atoms with Crippen LogP contribution in [0.4, 0.5) is 8.78 Å². The molecule has 0 fully saturated rings. The molecule has 1 heterocycles. The Morgan fingerprint density at radius 3 is 2.56 bits per heavy atom. The summed E-state index contributed by atoms with van der Waals surface area (Å²) in [5.41, 5.74) is 0.693. The van der Waals surface area contributed by atoms with Gasteiger partial charge in [0.15, 0.2) is 0 Å². The van der Waals surface area contributed by atoms with Gasteiger partial charge in [-0.2, -0.15) is 0 Å². The highest BCUT2D eigenvalue weighted by Crippen LogP contribution is 2.29. The summed E-state index contributed by atoms with van der Waals surface area (Å²) in [5, 5.41) is 9.92. The average Bonchev–Trinajstić information content (AvgIpc) is 2.33. The van der Waals surface area contributed by atoms with E-state index < -0.39 is 17.7 Å². The minimum absolute atomic E-state index is 0.314. The van der Waals surface area contributed by atoms with Crippen LogP contribution >= 0.6 is 11.8 Å². The second-order valence-electron chi connectivity index (χ2n) is 3.78. The summed E-state index contributed by atoms with van der Waals surface area (Å²) in [6.45, 7) is 1.64. The maximum Gasteiger partial charge on any atom is 0.140 e. The first-order valence-corrected chi connectivity index (χ1v) is 6.15. The largest absolute Gasteiger partial charge is 0.389 e. The molecular formula is C13H11F2NOS. The number of nitrogens with zero attached hydrogens (tertiary/aromatic N) is 1. The topological polar surface area (TPSA) is 33.1 Å². The molecule has 0 radical (unpaired) electrons. The molecule has 1 aromatic carbocycles. The van der Waals surface area contributed by atoms with Gasteiger partial charge in [-0.15, -0.1) is 0 Å². The summed E-state index contributed by atoms with van der Waals surface area (Å²) in [5.74, 6) is -1.21. The van der Waals surface area contributed by atoms with Crippen molar-refractivity contribution in [3.8, 4) is 0 Å². The van der Waals surface area contributed by atoms with Crippen molar-refractivity contribution in [2.75, 3.05) is 0 Å². The summed E-state index contributed by atoms with van der Waals surface area (Å²) in [6, 6.07) is 6.83. The number of aromatic nitrogens is 1. The molecule has 2 nitrogen and oxygen atoms in total. The molecule has 2 rings (SSSR count). The van der Waals surface area contributed by atoms with Crippen LogP contribution < -0.4 is 0 Å². The molecule has 0 saturated carbocycles. The van der Waals surface area contributed by atoms with Crippen LogP contribution in [0.25, 0.3) is 0 Å². The van der Waals surface area contributed by atoms with Crippen molar-refractivity contribution >= 4 is 11.8 Å². The number of hydrogen-bond acceptors (Lipinski definition) is 3. The number of benzene rings is 1. The highest BCUT2D eigenvalue weighted by Gasteiger charge is 2.07. The third-order valence-electron chi connectivity index (χ3n) is 2.35. The molecule has 5 heteroatoms. The number of rotatable bonds is 3. The van der Waals surface area contributed by atoms with Gasteiger partial charge < -0.3 is 5.11 Å². The smallest absolute Gasteiger partial charge is 0.140 e. The third-order valence-corrected chi connectivity index (χ3v) is 3.35. The van der Waals surface area contributed by atoms with Crippen molar-refractivity contribution < 1.29 is 13.9 Å². The maximum atomic E-state index is 13.4. The van der Waals surface area contributed by atoms with Crippen LogP contribution in [0, 0.1) is 11.6 Å². The fourth-order valence-corrected chi connectivity index (χ4v) is 2.13. The van der Waals surface area contributed by atoms with E-state index in [9.17, 15) is 13.9 Å². The van der Waals surface area contributed by atoms with Crippen LogP contribution in [0.1, 0.15) is 18.6 Å². The van der Waals surface area contributed by atoms with Crippen LogP contribution in [0.5, 0.6) is 0 Å². The molecule has 0 aliphatic carbocycles. The average molecular weight is 267 g/mol. The van der Waals surface area contributed by atoms with Crippen LogP contribution in [-0.2, 0) is 0 Å². The second-order valence-corrected chi connectivity index (χ2v) is 4.84. The number of hydrogen-bond donors (Lipinski definition) is 1. The molecule has 1 N–H and O–H groups in total. The van der Waals surface area contributed by atoms with E-state index in [0.717, 1.165) is 17.8 Å². The lowest BCUT2D eigenvalue weighted by molar-refractivity contribution is 0.198. The molecule has 0 aliphatic rings. The van der Waals surface area contributed by atoms with Gasteiger partial charge in [-0.25, -0.2) is 13.8 Å². The predicted molar refractivity (Wildman–Crippen MR) is 65.4 cm³/mol. The summed E-state index contributed by atoms with van der Waals surface area (Å²) in [4.78, 5) is 4.41. The van der Waals surface area contributed by atoms with E-state index in [1.807, 2.05) is 0 Å². The van der Waals surface area contributed by atoms with Gasteiger partial charge in [-0.3, -0.25) is 0 Å². The van der Waals surface area contributed by atoms with Crippen molar-refractivity contribution in [3.05, 3.63) is 53.7 Å². The number of aliphatic hydroxyl groups is 1. The Morgan fingerprint density at radius 1 is 1.22 bits per heavy atom.